The molecule has 0 aliphatic carbocycles. The van der Waals surface area contributed by atoms with Crippen LogP contribution in [0.1, 0.15) is 17.3 Å². The Hall–Kier alpha value is -2.64. The lowest BCUT2D eigenvalue weighted by Gasteiger charge is -2.10. The highest BCUT2D eigenvalue weighted by Gasteiger charge is 2.20. The zero-order valence-corrected chi connectivity index (χ0v) is 9.45. The molecule has 0 aliphatic rings. The predicted molar refractivity (Wildman–Crippen MR) is 61.6 cm³/mol. The summed E-state index contributed by atoms with van der Waals surface area (Å²) >= 11 is 0. The minimum absolute atomic E-state index is 0.0160. The molecular formula is C10H11N3O5. The third-order valence-electron chi connectivity index (χ3n) is 2.15. The minimum atomic E-state index is -1.14. The van der Waals surface area contributed by atoms with Crippen molar-refractivity contribution in [1.29, 1.82) is 0 Å². The van der Waals surface area contributed by atoms with Gasteiger partial charge in [0, 0.05) is 17.8 Å². The molecule has 0 bridgehead atoms. The first kappa shape index (κ1) is 13.4. The number of amides is 1. The van der Waals surface area contributed by atoms with Crippen LogP contribution < -0.4 is 11.5 Å². The molecule has 1 amide bonds. The van der Waals surface area contributed by atoms with E-state index >= 15 is 0 Å². The summed E-state index contributed by atoms with van der Waals surface area (Å²) in [5.41, 5.74) is 9.96. The largest absolute Gasteiger partial charge is 0.449 e. The second-order valence-corrected chi connectivity index (χ2v) is 3.48. The zero-order valence-electron chi connectivity index (χ0n) is 9.45. The lowest BCUT2D eigenvalue weighted by atomic mass is 10.1. The van der Waals surface area contributed by atoms with Gasteiger partial charge in [0.15, 0.2) is 6.10 Å². The van der Waals surface area contributed by atoms with Crippen molar-refractivity contribution in [3.63, 3.8) is 0 Å². The Morgan fingerprint density at radius 2 is 2.06 bits per heavy atom. The Labute approximate surface area is 102 Å². The number of esters is 1. The van der Waals surface area contributed by atoms with E-state index < -0.39 is 22.9 Å². The lowest BCUT2D eigenvalue weighted by Crippen LogP contribution is -2.30. The molecule has 0 heterocycles. The number of nitro groups is 1. The van der Waals surface area contributed by atoms with Gasteiger partial charge in [-0.2, -0.15) is 0 Å². The molecule has 0 saturated carbocycles. The molecule has 0 saturated heterocycles. The molecule has 0 spiro atoms. The maximum absolute atomic E-state index is 11.6. The number of benzene rings is 1. The molecule has 8 nitrogen and oxygen atoms in total. The first-order valence-corrected chi connectivity index (χ1v) is 4.87. The number of anilines is 1. The van der Waals surface area contributed by atoms with Crippen molar-refractivity contribution >= 4 is 23.3 Å². The summed E-state index contributed by atoms with van der Waals surface area (Å²) in [7, 11) is 0. The van der Waals surface area contributed by atoms with Crippen LogP contribution in [0.25, 0.3) is 0 Å². The van der Waals surface area contributed by atoms with Crippen LogP contribution in [0, 0.1) is 10.1 Å². The summed E-state index contributed by atoms with van der Waals surface area (Å²) in [6, 6.07) is 3.35. The number of non-ortho nitro benzene ring substituents is 1. The zero-order chi connectivity index (χ0) is 13.9. The van der Waals surface area contributed by atoms with Crippen LogP contribution in [0.4, 0.5) is 11.4 Å². The smallest absolute Gasteiger partial charge is 0.341 e. The molecule has 0 fully saturated rings. The van der Waals surface area contributed by atoms with Crippen LogP contribution in [-0.4, -0.2) is 22.9 Å². The molecule has 18 heavy (non-hydrogen) atoms. The first-order valence-electron chi connectivity index (χ1n) is 4.87. The van der Waals surface area contributed by atoms with Gasteiger partial charge < -0.3 is 16.2 Å². The number of nitrogen functional groups attached to an aromatic ring is 1. The topological polar surface area (TPSA) is 139 Å². The number of carbonyl (C=O) groups is 2. The summed E-state index contributed by atoms with van der Waals surface area (Å²) in [5, 5.41) is 10.6. The van der Waals surface area contributed by atoms with Crippen LogP contribution in [0.15, 0.2) is 18.2 Å². The Morgan fingerprint density at radius 3 is 2.56 bits per heavy atom. The second-order valence-electron chi connectivity index (χ2n) is 3.48. The summed E-state index contributed by atoms with van der Waals surface area (Å²) in [6.07, 6.45) is -1.14. The van der Waals surface area contributed by atoms with Crippen LogP contribution in [0.2, 0.25) is 0 Å². The third-order valence-corrected chi connectivity index (χ3v) is 2.15. The maximum Gasteiger partial charge on any atom is 0.341 e. The van der Waals surface area contributed by atoms with E-state index in [0.717, 1.165) is 12.1 Å². The lowest BCUT2D eigenvalue weighted by molar-refractivity contribution is -0.384. The number of ether oxygens (including phenoxy) is 1. The summed E-state index contributed by atoms with van der Waals surface area (Å²) in [4.78, 5) is 32.2. The molecule has 0 aliphatic heterocycles. The van der Waals surface area contributed by atoms with E-state index in [1.807, 2.05) is 0 Å². The van der Waals surface area contributed by atoms with E-state index in [1.165, 1.54) is 13.0 Å². The molecule has 8 heteroatoms. The number of carbonyl (C=O) groups excluding carboxylic acids is 2. The van der Waals surface area contributed by atoms with Gasteiger partial charge in [0.1, 0.15) is 0 Å². The number of nitro benzene ring substituents is 1. The van der Waals surface area contributed by atoms with Crippen molar-refractivity contribution < 1.29 is 19.2 Å². The maximum atomic E-state index is 11.6. The highest BCUT2D eigenvalue weighted by molar-refractivity contribution is 5.97. The second kappa shape index (κ2) is 5.13. The predicted octanol–water partition coefficient (Wildman–Crippen LogP) is 0.208. The highest BCUT2D eigenvalue weighted by Crippen LogP contribution is 2.20. The highest BCUT2D eigenvalue weighted by atomic mass is 16.6. The Kier molecular flexibility index (Phi) is 3.82. The fourth-order valence-corrected chi connectivity index (χ4v) is 1.12. The Morgan fingerprint density at radius 1 is 1.44 bits per heavy atom. The molecular weight excluding hydrogens is 242 g/mol. The van der Waals surface area contributed by atoms with Gasteiger partial charge in [-0.15, -0.1) is 0 Å². The van der Waals surface area contributed by atoms with E-state index in [1.54, 1.807) is 0 Å². The van der Waals surface area contributed by atoms with Gasteiger partial charge in [0.2, 0.25) is 0 Å². The number of hydrogen-bond donors (Lipinski definition) is 2. The SMILES string of the molecule is C[C@H](OC(=O)c1cc([N+](=O)[O-])ccc1N)C(N)=O. The summed E-state index contributed by atoms with van der Waals surface area (Å²) < 4.78 is 4.70. The molecule has 1 rings (SSSR count). The van der Waals surface area contributed by atoms with Crippen molar-refractivity contribution in [3.05, 3.63) is 33.9 Å². The van der Waals surface area contributed by atoms with E-state index in [2.05, 4.69) is 0 Å². The van der Waals surface area contributed by atoms with E-state index in [4.69, 9.17) is 16.2 Å². The van der Waals surface area contributed by atoms with Crippen molar-refractivity contribution in [2.24, 2.45) is 5.73 Å². The number of primary amides is 1. The molecule has 0 radical (unpaired) electrons. The number of nitrogens with two attached hydrogens (primary N) is 2. The molecule has 4 N–H and O–H groups in total. The molecule has 1 aromatic rings. The van der Waals surface area contributed by atoms with Gasteiger partial charge >= 0.3 is 5.97 Å². The van der Waals surface area contributed by atoms with Gasteiger partial charge in [0.25, 0.3) is 11.6 Å². The molecule has 0 unspecified atom stereocenters. The number of hydrogen-bond acceptors (Lipinski definition) is 6. The number of nitrogens with zero attached hydrogens (tertiary/aromatic N) is 1. The normalized spacial score (nSPS) is 11.6. The fourth-order valence-electron chi connectivity index (χ4n) is 1.12. The van der Waals surface area contributed by atoms with Crippen LogP contribution in [-0.2, 0) is 9.53 Å². The number of rotatable bonds is 4. The van der Waals surface area contributed by atoms with Crippen molar-refractivity contribution in [3.8, 4) is 0 Å². The van der Waals surface area contributed by atoms with E-state index in [9.17, 15) is 19.7 Å². The van der Waals surface area contributed by atoms with Crippen LogP contribution in [0.5, 0.6) is 0 Å². The Bertz CT molecular complexity index is 514. The van der Waals surface area contributed by atoms with Crippen molar-refractivity contribution in [2.75, 3.05) is 5.73 Å². The third kappa shape index (κ3) is 2.94. The van der Waals surface area contributed by atoms with Crippen LogP contribution >= 0.6 is 0 Å². The fraction of sp³-hybridized carbons (Fsp3) is 0.200. The average molecular weight is 253 g/mol. The van der Waals surface area contributed by atoms with Gasteiger partial charge in [-0.05, 0) is 13.0 Å². The molecule has 1 aromatic carbocycles. The van der Waals surface area contributed by atoms with Crippen molar-refractivity contribution in [2.45, 2.75) is 13.0 Å². The van der Waals surface area contributed by atoms with Crippen molar-refractivity contribution in [1.82, 2.24) is 0 Å². The standard InChI is InChI=1S/C10H11N3O5/c1-5(9(12)14)18-10(15)7-4-6(13(16)17)2-3-8(7)11/h2-5H,11H2,1H3,(H2,12,14)/t5-/m0/s1. The minimum Gasteiger partial charge on any atom is -0.449 e. The van der Waals surface area contributed by atoms with Crippen LogP contribution in [0.3, 0.4) is 0 Å². The summed E-state index contributed by atoms with van der Waals surface area (Å²) in [6.45, 7) is 1.29. The molecule has 0 aromatic heterocycles. The average Bonchev–Trinajstić information content (AvgIpc) is 2.28. The molecule has 1 atom stereocenters. The Balaban J connectivity index is 3.01. The monoisotopic (exact) mass is 253 g/mol. The van der Waals surface area contributed by atoms with Gasteiger partial charge in [-0.1, -0.05) is 0 Å². The summed E-state index contributed by atoms with van der Waals surface area (Å²) in [5.74, 6) is -1.77. The quantitative estimate of drug-likeness (QED) is 0.340. The van der Waals surface area contributed by atoms with E-state index in [0.29, 0.717) is 0 Å². The van der Waals surface area contributed by atoms with Gasteiger partial charge in [-0.25, -0.2) is 4.79 Å². The first-order chi connectivity index (χ1) is 8.32. The van der Waals surface area contributed by atoms with Gasteiger partial charge in [0.05, 0.1) is 10.5 Å². The molecule has 96 valence electrons. The van der Waals surface area contributed by atoms with Gasteiger partial charge in [-0.3, -0.25) is 14.9 Å². The van der Waals surface area contributed by atoms with E-state index in [-0.39, 0.29) is 16.9 Å².